The molecule has 0 unspecified atom stereocenters. The Morgan fingerprint density at radius 1 is 1.43 bits per heavy atom. The Morgan fingerprint density at radius 3 is 2.67 bits per heavy atom. The summed E-state index contributed by atoms with van der Waals surface area (Å²) in [6, 6.07) is 0. The van der Waals surface area contributed by atoms with E-state index in [2.05, 4.69) is 10.2 Å². The third-order valence-electron chi connectivity index (χ3n) is 3.42. The lowest BCUT2D eigenvalue weighted by molar-refractivity contribution is 0.0292. The number of carbonyl (C=O) groups excluding carboxylic acids is 1. The monoisotopic (exact) mass is 295 g/mol. The Hall–Kier alpha value is -2.05. The van der Waals surface area contributed by atoms with Crippen molar-refractivity contribution in [1.82, 2.24) is 15.1 Å². The number of rotatable bonds is 2. The fourth-order valence-electron chi connectivity index (χ4n) is 2.49. The molecule has 1 aromatic rings. The summed E-state index contributed by atoms with van der Waals surface area (Å²) >= 11 is 0. The van der Waals surface area contributed by atoms with Gasteiger partial charge in [0.15, 0.2) is 0 Å². The highest BCUT2D eigenvalue weighted by atomic mass is 16.6. The number of aromatic amines is 1. The van der Waals surface area contributed by atoms with Crippen LogP contribution in [0.3, 0.4) is 0 Å². The molecule has 0 radical (unpaired) electrons. The van der Waals surface area contributed by atoms with E-state index in [4.69, 9.17) is 4.74 Å². The lowest BCUT2D eigenvalue weighted by Crippen LogP contribution is -2.35. The van der Waals surface area contributed by atoms with Crippen molar-refractivity contribution in [3.63, 3.8) is 0 Å². The lowest BCUT2D eigenvalue weighted by Gasteiger charge is -2.24. The van der Waals surface area contributed by atoms with Gasteiger partial charge in [-0.25, -0.2) is 9.59 Å². The van der Waals surface area contributed by atoms with E-state index in [1.54, 1.807) is 11.8 Å². The van der Waals surface area contributed by atoms with Crippen molar-refractivity contribution in [2.45, 2.75) is 45.6 Å². The van der Waals surface area contributed by atoms with E-state index in [-0.39, 0.29) is 17.6 Å². The number of amides is 1. The number of carboxylic acid groups (broad SMARTS) is 1. The summed E-state index contributed by atoms with van der Waals surface area (Å²) in [6.45, 7) is 8.11. The lowest BCUT2D eigenvalue weighted by atomic mass is 10.00. The molecule has 1 saturated heterocycles. The zero-order chi connectivity index (χ0) is 15.8. The fraction of sp³-hybridized carbons (Fsp3) is 0.643. The summed E-state index contributed by atoms with van der Waals surface area (Å²) in [5, 5.41) is 16.1. The molecule has 1 atom stereocenters. The molecule has 1 aliphatic heterocycles. The minimum Gasteiger partial charge on any atom is -0.478 e. The Balaban J connectivity index is 2.10. The van der Waals surface area contributed by atoms with Crippen LogP contribution in [0, 0.1) is 6.92 Å². The van der Waals surface area contributed by atoms with E-state index >= 15 is 0 Å². The Kier molecular flexibility index (Phi) is 3.93. The van der Waals surface area contributed by atoms with Gasteiger partial charge in [-0.15, -0.1) is 0 Å². The highest BCUT2D eigenvalue weighted by molar-refractivity contribution is 5.90. The number of carboxylic acids is 1. The van der Waals surface area contributed by atoms with E-state index in [1.165, 1.54) is 0 Å². The molecular weight excluding hydrogens is 274 g/mol. The number of nitrogens with one attached hydrogen (secondary N) is 1. The van der Waals surface area contributed by atoms with Gasteiger partial charge in [0.1, 0.15) is 11.2 Å². The van der Waals surface area contributed by atoms with Crippen LogP contribution in [0.25, 0.3) is 0 Å². The van der Waals surface area contributed by atoms with Crippen molar-refractivity contribution in [2.75, 3.05) is 13.1 Å². The number of hydrogen-bond acceptors (Lipinski definition) is 4. The van der Waals surface area contributed by atoms with Gasteiger partial charge in [0.2, 0.25) is 0 Å². The van der Waals surface area contributed by atoms with Crippen molar-refractivity contribution in [3.05, 3.63) is 17.0 Å². The zero-order valence-electron chi connectivity index (χ0n) is 12.8. The summed E-state index contributed by atoms with van der Waals surface area (Å²) in [6.07, 6.45) is 0.318. The first-order valence-corrected chi connectivity index (χ1v) is 6.95. The van der Waals surface area contributed by atoms with Crippen molar-refractivity contribution >= 4 is 12.1 Å². The van der Waals surface area contributed by atoms with Crippen LogP contribution < -0.4 is 0 Å². The highest BCUT2D eigenvalue weighted by Crippen LogP contribution is 2.30. The van der Waals surface area contributed by atoms with Crippen molar-refractivity contribution < 1.29 is 19.4 Å². The van der Waals surface area contributed by atoms with Crippen LogP contribution in [-0.4, -0.2) is 51.0 Å². The number of hydrogen-bond donors (Lipinski definition) is 2. The van der Waals surface area contributed by atoms with Gasteiger partial charge in [0.05, 0.1) is 5.69 Å². The molecule has 0 saturated carbocycles. The van der Waals surface area contributed by atoms with Crippen molar-refractivity contribution in [3.8, 4) is 0 Å². The van der Waals surface area contributed by atoms with Gasteiger partial charge in [-0.05, 0) is 34.1 Å². The van der Waals surface area contributed by atoms with E-state index in [0.29, 0.717) is 30.9 Å². The summed E-state index contributed by atoms with van der Waals surface area (Å²) in [7, 11) is 0. The number of carbonyl (C=O) groups is 2. The Bertz CT molecular complexity index is 559. The number of ether oxygens (including phenoxy) is 1. The van der Waals surface area contributed by atoms with Crippen LogP contribution >= 0.6 is 0 Å². The summed E-state index contributed by atoms with van der Waals surface area (Å²) in [5.74, 6) is -1.07. The van der Waals surface area contributed by atoms with Gasteiger partial charge in [0.25, 0.3) is 0 Å². The van der Waals surface area contributed by atoms with Crippen molar-refractivity contribution in [2.24, 2.45) is 0 Å². The molecule has 116 valence electrons. The van der Waals surface area contributed by atoms with E-state index in [1.807, 2.05) is 20.8 Å². The number of nitrogens with zero attached hydrogens (tertiary/aromatic N) is 2. The minimum atomic E-state index is -0.994. The largest absolute Gasteiger partial charge is 0.478 e. The van der Waals surface area contributed by atoms with Crippen LogP contribution in [0.4, 0.5) is 4.79 Å². The molecule has 0 aromatic carbocycles. The molecule has 7 nitrogen and oxygen atoms in total. The number of aryl methyl sites for hydroxylation is 1. The fourth-order valence-corrected chi connectivity index (χ4v) is 2.49. The Morgan fingerprint density at radius 2 is 2.10 bits per heavy atom. The predicted molar refractivity (Wildman–Crippen MR) is 75.4 cm³/mol. The average Bonchev–Trinajstić information content (AvgIpc) is 2.92. The van der Waals surface area contributed by atoms with E-state index < -0.39 is 11.6 Å². The maximum absolute atomic E-state index is 12.0. The standard InChI is InChI=1S/C14H21N3O4/c1-8-10(12(18)19)11(16-15-8)9-5-6-17(7-9)13(20)21-14(2,3)4/h9H,5-7H2,1-4H3,(H,15,16)(H,18,19)/t9-/m0/s1. The summed E-state index contributed by atoms with van der Waals surface area (Å²) in [4.78, 5) is 24.9. The average molecular weight is 295 g/mol. The second-order valence-electron chi connectivity index (χ2n) is 6.33. The van der Waals surface area contributed by atoms with Gasteiger partial charge in [-0.3, -0.25) is 5.10 Å². The molecule has 2 heterocycles. The van der Waals surface area contributed by atoms with Crippen LogP contribution in [-0.2, 0) is 4.74 Å². The summed E-state index contributed by atoms with van der Waals surface area (Å²) < 4.78 is 5.33. The number of aromatic carboxylic acids is 1. The van der Waals surface area contributed by atoms with E-state index in [9.17, 15) is 14.7 Å². The highest BCUT2D eigenvalue weighted by Gasteiger charge is 2.34. The van der Waals surface area contributed by atoms with Gasteiger partial charge in [-0.2, -0.15) is 5.10 Å². The van der Waals surface area contributed by atoms with Crippen molar-refractivity contribution in [1.29, 1.82) is 0 Å². The second kappa shape index (κ2) is 5.38. The summed E-state index contributed by atoms with van der Waals surface area (Å²) in [5.41, 5.74) is 0.731. The quantitative estimate of drug-likeness (QED) is 0.871. The number of aromatic nitrogens is 2. The molecule has 1 aliphatic rings. The molecule has 21 heavy (non-hydrogen) atoms. The molecule has 0 spiro atoms. The molecule has 2 N–H and O–H groups in total. The van der Waals surface area contributed by atoms with Gasteiger partial charge in [0, 0.05) is 24.7 Å². The van der Waals surface area contributed by atoms with Gasteiger partial charge >= 0.3 is 12.1 Å². The Labute approximate surface area is 123 Å². The topological polar surface area (TPSA) is 95.5 Å². The normalized spacial score (nSPS) is 18.9. The zero-order valence-corrected chi connectivity index (χ0v) is 12.8. The predicted octanol–water partition coefficient (Wildman–Crippen LogP) is 2.14. The van der Waals surface area contributed by atoms with Crippen LogP contribution in [0.15, 0.2) is 0 Å². The molecule has 1 amide bonds. The molecule has 1 aromatic heterocycles. The van der Waals surface area contributed by atoms with Crippen LogP contribution in [0.5, 0.6) is 0 Å². The smallest absolute Gasteiger partial charge is 0.410 e. The first-order valence-electron chi connectivity index (χ1n) is 6.95. The van der Waals surface area contributed by atoms with Crippen LogP contribution in [0.1, 0.15) is 54.9 Å². The molecular formula is C14H21N3O4. The minimum absolute atomic E-state index is 0.0754. The molecule has 0 aliphatic carbocycles. The third kappa shape index (κ3) is 3.34. The SMILES string of the molecule is Cc1[nH]nc([C@H]2CCN(C(=O)OC(C)(C)C)C2)c1C(=O)O. The first-order chi connectivity index (χ1) is 9.69. The van der Waals surface area contributed by atoms with E-state index in [0.717, 1.165) is 0 Å². The maximum Gasteiger partial charge on any atom is 0.410 e. The molecule has 0 bridgehead atoms. The molecule has 7 heteroatoms. The first kappa shape index (κ1) is 15.3. The van der Waals surface area contributed by atoms with Gasteiger partial charge in [-0.1, -0.05) is 0 Å². The third-order valence-corrected chi connectivity index (χ3v) is 3.42. The van der Waals surface area contributed by atoms with Crippen LogP contribution in [0.2, 0.25) is 0 Å². The second-order valence-corrected chi connectivity index (χ2v) is 6.33. The van der Waals surface area contributed by atoms with Gasteiger partial charge < -0.3 is 14.7 Å². The molecule has 2 rings (SSSR count). The maximum atomic E-state index is 12.0. The number of H-pyrrole nitrogens is 1. The molecule has 1 fully saturated rings. The number of likely N-dealkylation sites (tertiary alicyclic amines) is 1.